The van der Waals surface area contributed by atoms with Crippen molar-refractivity contribution in [3.05, 3.63) is 21.7 Å². The van der Waals surface area contributed by atoms with Gasteiger partial charge < -0.3 is 4.98 Å². The Hall–Kier alpha value is -0.770. The second kappa shape index (κ2) is 3.77. The first kappa shape index (κ1) is 9.77. The molecule has 0 spiro atoms. The molecule has 3 nitrogen and oxygen atoms in total. The molecule has 1 N–H and O–H groups in total. The van der Waals surface area contributed by atoms with Crippen LogP contribution in [0.3, 0.4) is 0 Å². The zero-order valence-corrected chi connectivity index (χ0v) is 9.28. The first-order valence-electron chi connectivity index (χ1n) is 4.95. The third kappa shape index (κ3) is 1.85. The molecule has 76 valence electrons. The van der Waals surface area contributed by atoms with Gasteiger partial charge in [-0.15, -0.1) is 11.8 Å². The zero-order chi connectivity index (χ0) is 10.1. The number of fused-ring (bicyclic) bond motifs is 1. The number of H-pyrrole nitrogens is 1. The number of nitrogens with zero attached hydrogens (tertiary/aromatic N) is 1. The van der Waals surface area contributed by atoms with Gasteiger partial charge in [0.2, 0.25) is 0 Å². The minimum absolute atomic E-state index is 0.200. The zero-order valence-electron chi connectivity index (χ0n) is 8.46. The third-order valence-electron chi connectivity index (χ3n) is 2.28. The first-order valence-corrected chi connectivity index (χ1v) is 5.83. The summed E-state index contributed by atoms with van der Waals surface area (Å²) >= 11 is 1.69. The summed E-state index contributed by atoms with van der Waals surface area (Å²) < 4.78 is 0. The average molecular weight is 210 g/mol. The number of nitrogens with one attached hydrogen (secondary N) is 1. The van der Waals surface area contributed by atoms with Crippen molar-refractivity contribution in [3.8, 4) is 0 Å². The second-order valence-electron chi connectivity index (χ2n) is 3.82. The Bertz CT molecular complexity index is 398. The van der Waals surface area contributed by atoms with Gasteiger partial charge in [-0.3, -0.25) is 0 Å². The Kier molecular flexibility index (Phi) is 2.63. The minimum atomic E-state index is -0.200. The van der Waals surface area contributed by atoms with E-state index in [1.807, 2.05) is 0 Å². The molecule has 2 rings (SSSR count). The number of aromatic amines is 1. The van der Waals surface area contributed by atoms with Crippen LogP contribution in [0.4, 0.5) is 0 Å². The summed E-state index contributed by atoms with van der Waals surface area (Å²) in [5.74, 6) is 0. The first-order chi connectivity index (χ1) is 6.66. The maximum atomic E-state index is 11.3. The Balaban J connectivity index is 2.43. The Labute approximate surface area is 87.3 Å². The van der Waals surface area contributed by atoms with E-state index in [-0.39, 0.29) is 5.69 Å². The van der Waals surface area contributed by atoms with Crippen LogP contribution in [0.1, 0.15) is 31.5 Å². The quantitative estimate of drug-likeness (QED) is 0.597. The lowest BCUT2D eigenvalue weighted by molar-refractivity contribution is 0.895. The van der Waals surface area contributed by atoms with Crippen molar-refractivity contribution in [3.63, 3.8) is 0 Å². The normalized spacial score (nSPS) is 14.8. The van der Waals surface area contributed by atoms with E-state index in [2.05, 4.69) is 23.8 Å². The lowest BCUT2D eigenvalue weighted by atomic mass is 10.3. The van der Waals surface area contributed by atoms with Crippen molar-refractivity contribution in [2.45, 2.75) is 43.4 Å². The molecule has 0 amide bonds. The van der Waals surface area contributed by atoms with Crippen LogP contribution in [0.15, 0.2) is 9.82 Å². The number of aryl methyl sites for hydroxylation is 1. The predicted octanol–water partition coefficient (Wildman–Crippen LogP) is 1.76. The molecule has 4 heteroatoms. The van der Waals surface area contributed by atoms with Crippen molar-refractivity contribution in [2.24, 2.45) is 0 Å². The Morgan fingerprint density at radius 3 is 2.93 bits per heavy atom. The maximum absolute atomic E-state index is 11.3. The lowest BCUT2D eigenvalue weighted by Gasteiger charge is -2.07. The molecule has 1 aliphatic carbocycles. The highest BCUT2D eigenvalue weighted by atomic mass is 32.2. The number of hydrogen-bond acceptors (Lipinski definition) is 3. The molecule has 0 atom stereocenters. The van der Waals surface area contributed by atoms with Crippen molar-refractivity contribution < 1.29 is 0 Å². The topological polar surface area (TPSA) is 45.8 Å². The smallest absolute Gasteiger partial charge is 0.309 e. The van der Waals surface area contributed by atoms with Crippen LogP contribution >= 0.6 is 11.8 Å². The van der Waals surface area contributed by atoms with Crippen LogP contribution in [-0.2, 0) is 12.8 Å². The minimum Gasteiger partial charge on any atom is -0.309 e. The third-order valence-corrected chi connectivity index (χ3v) is 3.32. The molecule has 1 aliphatic rings. The van der Waals surface area contributed by atoms with Gasteiger partial charge in [0, 0.05) is 16.5 Å². The summed E-state index contributed by atoms with van der Waals surface area (Å²) in [5, 5.41) is 1.42. The second-order valence-corrected chi connectivity index (χ2v) is 5.39. The molecule has 0 bridgehead atoms. The van der Waals surface area contributed by atoms with Crippen LogP contribution in [-0.4, -0.2) is 15.2 Å². The molecule has 0 aliphatic heterocycles. The van der Waals surface area contributed by atoms with Crippen LogP contribution < -0.4 is 5.69 Å². The van der Waals surface area contributed by atoms with Gasteiger partial charge in [-0.2, -0.15) is 4.98 Å². The molecular weight excluding hydrogens is 196 g/mol. The van der Waals surface area contributed by atoms with E-state index in [9.17, 15) is 4.79 Å². The molecule has 0 saturated carbocycles. The van der Waals surface area contributed by atoms with Crippen molar-refractivity contribution in [1.29, 1.82) is 0 Å². The molecule has 0 fully saturated rings. The molecule has 0 saturated heterocycles. The van der Waals surface area contributed by atoms with Gasteiger partial charge in [-0.25, -0.2) is 4.79 Å². The van der Waals surface area contributed by atoms with Crippen LogP contribution in [0, 0.1) is 0 Å². The Morgan fingerprint density at radius 1 is 1.43 bits per heavy atom. The van der Waals surface area contributed by atoms with Crippen LogP contribution in [0.5, 0.6) is 0 Å². The SMILES string of the molecule is CC(C)Sc1nc(=O)[nH]c2c1CCC2. The summed E-state index contributed by atoms with van der Waals surface area (Å²) in [5.41, 5.74) is 2.17. The van der Waals surface area contributed by atoms with Gasteiger partial charge in [-0.05, 0) is 19.3 Å². The van der Waals surface area contributed by atoms with Gasteiger partial charge in [0.15, 0.2) is 0 Å². The predicted molar refractivity (Wildman–Crippen MR) is 57.9 cm³/mol. The molecule has 0 unspecified atom stereocenters. The fourth-order valence-corrected chi connectivity index (χ4v) is 2.70. The summed E-state index contributed by atoms with van der Waals surface area (Å²) in [4.78, 5) is 18.1. The molecule has 1 aromatic heterocycles. The van der Waals surface area contributed by atoms with Gasteiger partial charge in [0.25, 0.3) is 0 Å². The summed E-state index contributed by atoms with van der Waals surface area (Å²) in [7, 11) is 0. The van der Waals surface area contributed by atoms with Gasteiger partial charge in [0.05, 0.1) is 0 Å². The largest absolute Gasteiger partial charge is 0.346 e. The molecule has 0 radical (unpaired) electrons. The maximum Gasteiger partial charge on any atom is 0.346 e. The van der Waals surface area contributed by atoms with E-state index in [0.717, 1.165) is 30.0 Å². The standard InChI is InChI=1S/C10H14N2OS/c1-6(2)14-9-7-4-3-5-8(7)11-10(13)12-9/h6H,3-5H2,1-2H3,(H,11,12,13). The van der Waals surface area contributed by atoms with Crippen LogP contribution in [0.25, 0.3) is 0 Å². The highest BCUT2D eigenvalue weighted by Crippen LogP contribution is 2.29. The Morgan fingerprint density at radius 2 is 2.21 bits per heavy atom. The molecule has 1 aromatic rings. The number of aromatic nitrogens is 2. The summed E-state index contributed by atoms with van der Waals surface area (Å²) in [6, 6.07) is 0. The fourth-order valence-electron chi connectivity index (χ4n) is 1.76. The van der Waals surface area contributed by atoms with Crippen molar-refractivity contribution >= 4 is 11.8 Å². The van der Waals surface area contributed by atoms with Gasteiger partial charge >= 0.3 is 5.69 Å². The fraction of sp³-hybridized carbons (Fsp3) is 0.600. The molecule has 1 heterocycles. The summed E-state index contributed by atoms with van der Waals surface area (Å²) in [6.07, 6.45) is 3.20. The highest BCUT2D eigenvalue weighted by Gasteiger charge is 2.18. The van der Waals surface area contributed by atoms with Gasteiger partial charge in [0.1, 0.15) is 5.03 Å². The number of rotatable bonds is 2. The van der Waals surface area contributed by atoms with E-state index in [4.69, 9.17) is 0 Å². The lowest BCUT2D eigenvalue weighted by Crippen LogP contribution is -2.15. The average Bonchev–Trinajstić information content (AvgIpc) is 2.50. The monoisotopic (exact) mass is 210 g/mol. The molecular formula is C10H14N2OS. The highest BCUT2D eigenvalue weighted by molar-refractivity contribution is 7.99. The molecule has 14 heavy (non-hydrogen) atoms. The van der Waals surface area contributed by atoms with E-state index >= 15 is 0 Å². The number of hydrogen-bond donors (Lipinski definition) is 1. The van der Waals surface area contributed by atoms with E-state index in [0.29, 0.717) is 5.25 Å². The van der Waals surface area contributed by atoms with Crippen molar-refractivity contribution in [2.75, 3.05) is 0 Å². The number of thioether (sulfide) groups is 1. The van der Waals surface area contributed by atoms with E-state index < -0.39 is 0 Å². The van der Waals surface area contributed by atoms with Gasteiger partial charge in [-0.1, -0.05) is 13.8 Å². The van der Waals surface area contributed by atoms with Crippen LogP contribution in [0.2, 0.25) is 0 Å². The van der Waals surface area contributed by atoms with E-state index in [1.54, 1.807) is 11.8 Å². The van der Waals surface area contributed by atoms with E-state index in [1.165, 1.54) is 5.56 Å². The van der Waals surface area contributed by atoms with Crippen molar-refractivity contribution in [1.82, 2.24) is 9.97 Å². The molecule has 0 aromatic carbocycles. The summed E-state index contributed by atoms with van der Waals surface area (Å²) in [6.45, 7) is 4.24.